The summed E-state index contributed by atoms with van der Waals surface area (Å²) in [6.45, 7) is 2.35. The molecule has 2 N–H and O–H groups in total. The van der Waals surface area contributed by atoms with E-state index >= 15 is 0 Å². The number of aryl methyl sites for hydroxylation is 1. The van der Waals surface area contributed by atoms with Gasteiger partial charge in [0.2, 0.25) is 0 Å². The molecule has 0 bridgehead atoms. The zero-order valence-electron chi connectivity index (χ0n) is 20.1. The molecule has 0 aliphatic carbocycles. The second kappa shape index (κ2) is 11.1. The van der Waals surface area contributed by atoms with Crippen LogP contribution < -0.4 is 4.74 Å². The topological polar surface area (TPSA) is 82.9 Å². The van der Waals surface area contributed by atoms with Crippen molar-refractivity contribution in [3.8, 4) is 5.75 Å². The summed E-state index contributed by atoms with van der Waals surface area (Å²) in [5.41, 5.74) is 1.10. The lowest BCUT2D eigenvalue weighted by atomic mass is 9.74. The zero-order chi connectivity index (χ0) is 24.8. The van der Waals surface area contributed by atoms with Crippen LogP contribution in [0.5, 0.6) is 5.75 Å². The van der Waals surface area contributed by atoms with E-state index in [1.165, 1.54) is 12.7 Å². The van der Waals surface area contributed by atoms with E-state index in [4.69, 9.17) is 4.74 Å². The van der Waals surface area contributed by atoms with Gasteiger partial charge in [-0.05, 0) is 81.9 Å². The number of aliphatic hydroxyl groups is 1. The molecule has 0 radical (unpaired) electrons. The van der Waals surface area contributed by atoms with Crippen LogP contribution in [-0.2, 0) is 11.2 Å². The molecular weight excluding hydrogens is 447 g/mol. The fourth-order valence-corrected chi connectivity index (χ4v) is 5.12. The van der Waals surface area contributed by atoms with Gasteiger partial charge >= 0.3 is 5.97 Å². The maximum absolute atomic E-state index is 14.7. The average Bonchev–Trinajstić information content (AvgIpc) is 2.88. The molecule has 4 rings (SSSR count). The number of methoxy groups -OCH3 is 1. The Hall–Kier alpha value is -3.03. The Morgan fingerprint density at radius 1 is 1.20 bits per heavy atom. The van der Waals surface area contributed by atoms with Crippen molar-refractivity contribution in [2.45, 2.75) is 44.6 Å². The van der Waals surface area contributed by atoms with Gasteiger partial charge in [0, 0.05) is 10.9 Å². The second-order valence-electron chi connectivity index (χ2n) is 9.47. The van der Waals surface area contributed by atoms with E-state index in [2.05, 4.69) is 22.0 Å². The van der Waals surface area contributed by atoms with Gasteiger partial charge in [-0.25, -0.2) is 4.39 Å². The van der Waals surface area contributed by atoms with E-state index in [0.717, 1.165) is 25.6 Å². The lowest BCUT2D eigenvalue weighted by molar-refractivity contribution is -0.153. The lowest BCUT2D eigenvalue weighted by Gasteiger charge is -2.39. The van der Waals surface area contributed by atoms with Gasteiger partial charge in [0.05, 0.1) is 30.3 Å². The van der Waals surface area contributed by atoms with Gasteiger partial charge < -0.3 is 19.8 Å². The van der Waals surface area contributed by atoms with E-state index in [0.29, 0.717) is 42.6 Å². The number of halogens is 1. The SMILES string of the molecule is COc1ccc2ncc(F)c(C(O)CCC3(C(=O)O)CCN(CCCc4ccccc4)CC3)c2c1. The number of rotatable bonds is 10. The number of nitrogens with zero attached hydrogens (tertiary/aromatic N) is 2. The number of aliphatic carboxylic acids is 1. The molecule has 1 unspecified atom stereocenters. The Balaban J connectivity index is 1.38. The largest absolute Gasteiger partial charge is 0.497 e. The van der Waals surface area contributed by atoms with E-state index in [1.807, 2.05) is 18.2 Å². The summed E-state index contributed by atoms with van der Waals surface area (Å²) in [6.07, 6.45) is 3.50. The predicted octanol–water partition coefficient (Wildman–Crippen LogP) is 5.00. The first-order chi connectivity index (χ1) is 16.9. The molecule has 1 saturated heterocycles. The molecule has 2 heterocycles. The van der Waals surface area contributed by atoms with Gasteiger partial charge in [-0.1, -0.05) is 30.3 Å². The van der Waals surface area contributed by atoms with Crippen LogP contribution in [0.4, 0.5) is 4.39 Å². The summed E-state index contributed by atoms with van der Waals surface area (Å²) in [5.74, 6) is -0.897. The van der Waals surface area contributed by atoms with Gasteiger partial charge in [-0.15, -0.1) is 0 Å². The summed E-state index contributed by atoms with van der Waals surface area (Å²) < 4.78 is 20.0. The summed E-state index contributed by atoms with van der Waals surface area (Å²) in [7, 11) is 1.52. The van der Waals surface area contributed by atoms with Crippen molar-refractivity contribution in [3.63, 3.8) is 0 Å². The van der Waals surface area contributed by atoms with Crippen molar-refractivity contribution in [1.29, 1.82) is 0 Å². The number of ether oxygens (including phenoxy) is 1. The lowest BCUT2D eigenvalue weighted by Crippen LogP contribution is -2.44. The Morgan fingerprint density at radius 2 is 1.94 bits per heavy atom. The van der Waals surface area contributed by atoms with Crippen LogP contribution in [0, 0.1) is 11.2 Å². The van der Waals surface area contributed by atoms with Crippen LogP contribution >= 0.6 is 0 Å². The first-order valence-electron chi connectivity index (χ1n) is 12.2. The molecule has 0 saturated carbocycles. The molecule has 186 valence electrons. The highest BCUT2D eigenvalue weighted by atomic mass is 19.1. The quantitative estimate of drug-likeness (QED) is 0.425. The highest BCUT2D eigenvalue weighted by Gasteiger charge is 2.41. The minimum Gasteiger partial charge on any atom is -0.497 e. The van der Waals surface area contributed by atoms with E-state index in [-0.39, 0.29) is 18.4 Å². The van der Waals surface area contributed by atoms with Crippen molar-refractivity contribution in [2.75, 3.05) is 26.7 Å². The van der Waals surface area contributed by atoms with Crippen LogP contribution in [0.3, 0.4) is 0 Å². The third-order valence-electron chi connectivity index (χ3n) is 7.35. The van der Waals surface area contributed by atoms with Gasteiger partial charge in [-0.2, -0.15) is 0 Å². The summed E-state index contributed by atoms with van der Waals surface area (Å²) >= 11 is 0. The van der Waals surface area contributed by atoms with Crippen molar-refractivity contribution < 1.29 is 24.1 Å². The maximum Gasteiger partial charge on any atom is 0.309 e. The number of benzene rings is 2. The van der Waals surface area contributed by atoms with Crippen LogP contribution in [0.15, 0.2) is 54.7 Å². The third kappa shape index (κ3) is 5.80. The van der Waals surface area contributed by atoms with Crippen LogP contribution in [0.1, 0.15) is 49.3 Å². The van der Waals surface area contributed by atoms with Gasteiger partial charge in [0.15, 0.2) is 0 Å². The number of piperidine rings is 1. The Bertz CT molecular complexity index is 1150. The second-order valence-corrected chi connectivity index (χ2v) is 9.47. The van der Waals surface area contributed by atoms with Crippen LogP contribution in [0.25, 0.3) is 10.9 Å². The number of aliphatic hydroxyl groups excluding tert-OH is 1. The minimum atomic E-state index is -1.13. The molecule has 35 heavy (non-hydrogen) atoms. The van der Waals surface area contributed by atoms with E-state index in [1.54, 1.807) is 18.2 Å². The molecule has 1 fully saturated rings. The molecule has 1 aliphatic rings. The first kappa shape index (κ1) is 25.1. The standard InChI is InChI=1S/C28H33FN2O4/c1-35-21-9-10-24-22(18-21)26(23(29)19-30-24)25(32)11-12-28(27(33)34)13-16-31(17-14-28)15-5-8-20-6-3-2-4-7-20/h2-4,6-7,9-10,18-19,25,32H,5,8,11-17H2,1H3,(H,33,34). The Labute approximate surface area is 205 Å². The zero-order valence-corrected chi connectivity index (χ0v) is 20.1. The summed E-state index contributed by atoms with van der Waals surface area (Å²) in [6, 6.07) is 15.5. The number of likely N-dealkylation sites (tertiary alicyclic amines) is 1. The van der Waals surface area contributed by atoms with Crippen molar-refractivity contribution >= 4 is 16.9 Å². The molecule has 3 aromatic rings. The molecule has 0 spiro atoms. The van der Waals surface area contributed by atoms with Crippen molar-refractivity contribution in [2.24, 2.45) is 5.41 Å². The molecular formula is C28H33FN2O4. The van der Waals surface area contributed by atoms with E-state index in [9.17, 15) is 19.4 Å². The first-order valence-corrected chi connectivity index (χ1v) is 12.2. The molecule has 2 aromatic carbocycles. The highest BCUT2D eigenvalue weighted by Crippen LogP contribution is 2.40. The van der Waals surface area contributed by atoms with Crippen molar-refractivity contribution in [3.05, 3.63) is 71.7 Å². The smallest absolute Gasteiger partial charge is 0.309 e. The number of carboxylic acid groups (broad SMARTS) is 1. The summed E-state index contributed by atoms with van der Waals surface area (Å²) in [4.78, 5) is 18.7. The minimum absolute atomic E-state index is 0.146. The molecule has 6 nitrogen and oxygen atoms in total. The van der Waals surface area contributed by atoms with Gasteiger partial charge in [-0.3, -0.25) is 9.78 Å². The van der Waals surface area contributed by atoms with Gasteiger partial charge in [0.25, 0.3) is 0 Å². The molecule has 1 atom stereocenters. The number of fused-ring (bicyclic) bond motifs is 1. The third-order valence-corrected chi connectivity index (χ3v) is 7.35. The maximum atomic E-state index is 14.7. The molecule has 0 amide bonds. The highest BCUT2D eigenvalue weighted by molar-refractivity contribution is 5.84. The number of hydrogen-bond acceptors (Lipinski definition) is 5. The monoisotopic (exact) mass is 480 g/mol. The molecule has 7 heteroatoms. The Morgan fingerprint density at radius 3 is 2.63 bits per heavy atom. The van der Waals surface area contributed by atoms with Crippen LogP contribution in [-0.4, -0.2) is 52.8 Å². The van der Waals surface area contributed by atoms with Gasteiger partial charge in [0.1, 0.15) is 11.6 Å². The average molecular weight is 481 g/mol. The number of hydrogen-bond donors (Lipinski definition) is 2. The van der Waals surface area contributed by atoms with Crippen LogP contribution in [0.2, 0.25) is 0 Å². The number of carbonyl (C=O) groups is 1. The molecule has 1 aromatic heterocycles. The fourth-order valence-electron chi connectivity index (χ4n) is 5.12. The normalized spacial score (nSPS) is 16.8. The molecule has 1 aliphatic heterocycles. The number of carboxylic acids is 1. The van der Waals surface area contributed by atoms with E-state index < -0.39 is 23.3 Å². The van der Waals surface area contributed by atoms with Crippen molar-refractivity contribution in [1.82, 2.24) is 9.88 Å². The fraction of sp³-hybridized carbons (Fsp3) is 0.429. The Kier molecular flexibility index (Phi) is 7.98. The number of pyridine rings is 1. The summed E-state index contributed by atoms with van der Waals surface area (Å²) in [5, 5.41) is 21.5. The predicted molar refractivity (Wildman–Crippen MR) is 133 cm³/mol. The number of aromatic nitrogens is 1.